The second-order valence-corrected chi connectivity index (χ2v) is 4.54. The molecule has 0 radical (unpaired) electrons. The molecule has 3 heteroatoms. The Morgan fingerprint density at radius 1 is 1.38 bits per heavy atom. The van der Waals surface area contributed by atoms with Crippen molar-refractivity contribution in [3.63, 3.8) is 0 Å². The van der Waals surface area contributed by atoms with Crippen molar-refractivity contribution in [2.45, 2.75) is 26.2 Å². The molecule has 0 heterocycles. The Kier molecular flexibility index (Phi) is 2.86. The summed E-state index contributed by atoms with van der Waals surface area (Å²) in [6.45, 7) is 2.29. The predicted octanol–water partition coefficient (Wildman–Crippen LogP) is 2.63. The molecule has 1 aliphatic rings. The zero-order chi connectivity index (χ0) is 11.6. The van der Waals surface area contributed by atoms with E-state index < -0.39 is 11.4 Å². The van der Waals surface area contributed by atoms with Crippen molar-refractivity contribution in [3.05, 3.63) is 29.8 Å². The highest BCUT2D eigenvalue weighted by Gasteiger charge is 2.45. The Balaban J connectivity index is 1.96. The van der Waals surface area contributed by atoms with Gasteiger partial charge in [0.1, 0.15) is 17.8 Å². The molecule has 1 N–H and O–H groups in total. The standard InChI is InChI=1S/C13H16O3/c1-10-3-5-11(6-4-10)16-9-13(12(14)15)7-2-8-13/h3-6H,2,7-9H2,1H3,(H,14,15). The van der Waals surface area contributed by atoms with Crippen LogP contribution in [-0.4, -0.2) is 17.7 Å². The van der Waals surface area contributed by atoms with Gasteiger partial charge in [-0.2, -0.15) is 0 Å². The van der Waals surface area contributed by atoms with Crippen molar-refractivity contribution in [1.82, 2.24) is 0 Å². The van der Waals surface area contributed by atoms with E-state index in [-0.39, 0.29) is 6.61 Å². The molecule has 0 spiro atoms. The van der Waals surface area contributed by atoms with Crippen molar-refractivity contribution in [3.8, 4) is 5.75 Å². The van der Waals surface area contributed by atoms with Crippen LogP contribution in [0.2, 0.25) is 0 Å². The fourth-order valence-corrected chi connectivity index (χ4v) is 1.88. The number of carboxylic acids is 1. The lowest BCUT2D eigenvalue weighted by Crippen LogP contribution is -2.43. The van der Waals surface area contributed by atoms with Crippen LogP contribution in [0.25, 0.3) is 0 Å². The van der Waals surface area contributed by atoms with Crippen LogP contribution in [0.4, 0.5) is 0 Å². The highest BCUT2D eigenvalue weighted by Crippen LogP contribution is 2.41. The van der Waals surface area contributed by atoms with Crippen molar-refractivity contribution in [2.75, 3.05) is 6.61 Å². The van der Waals surface area contributed by atoms with Crippen molar-refractivity contribution in [2.24, 2.45) is 5.41 Å². The molecule has 0 unspecified atom stereocenters. The molecule has 1 aromatic carbocycles. The van der Waals surface area contributed by atoms with Gasteiger partial charge in [-0.05, 0) is 31.9 Å². The predicted molar refractivity (Wildman–Crippen MR) is 60.6 cm³/mol. The maximum absolute atomic E-state index is 11.1. The summed E-state index contributed by atoms with van der Waals surface area (Å²) in [7, 11) is 0. The van der Waals surface area contributed by atoms with Crippen molar-refractivity contribution >= 4 is 5.97 Å². The van der Waals surface area contributed by atoms with Gasteiger partial charge in [-0.3, -0.25) is 4.79 Å². The second-order valence-electron chi connectivity index (χ2n) is 4.54. The number of aliphatic carboxylic acids is 1. The molecular weight excluding hydrogens is 204 g/mol. The number of aryl methyl sites for hydroxylation is 1. The molecule has 1 aromatic rings. The summed E-state index contributed by atoms with van der Waals surface area (Å²) >= 11 is 0. The summed E-state index contributed by atoms with van der Waals surface area (Å²) in [4.78, 5) is 11.1. The lowest BCUT2D eigenvalue weighted by atomic mass is 9.69. The number of carbonyl (C=O) groups is 1. The van der Waals surface area contributed by atoms with Gasteiger partial charge in [-0.1, -0.05) is 24.1 Å². The zero-order valence-corrected chi connectivity index (χ0v) is 9.40. The third-order valence-electron chi connectivity index (χ3n) is 3.30. The Bertz CT molecular complexity index is 377. The van der Waals surface area contributed by atoms with E-state index in [0.717, 1.165) is 25.0 Å². The minimum atomic E-state index is -0.731. The van der Waals surface area contributed by atoms with Crippen LogP contribution in [0.15, 0.2) is 24.3 Å². The van der Waals surface area contributed by atoms with E-state index in [9.17, 15) is 4.79 Å². The molecule has 0 aromatic heterocycles. The Morgan fingerprint density at radius 3 is 2.44 bits per heavy atom. The number of hydrogen-bond acceptors (Lipinski definition) is 2. The van der Waals surface area contributed by atoms with E-state index in [1.165, 1.54) is 5.56 Å². The Hall–Kier alpha value is -1.51. The van der Waals surface area contributed by atoms with Crippen molar-refractivity contribution in [1.29, 1.82) is 0 Å². The van der Waals surface area contributed by atoms with Crippen LogP contribution in [-0.2, 0) is 4.79 Å². The van der Waals surface area contributed by atoms with Gasteiger partial charge in [-0.25, -0.2) is 0 Å². The van der Waals surface area contributed by atoms with E-state index in [2.05, 4.69) is 0 Å². The average molecular weight is 220 g/mol. The third kappa shape index (κ3) is 2.03. The van der Waals surface area contributed by atoms with Gasteiger partial charge in [0.2, 0.25) is 0 Å². The quantitative estimate of drug-likeness (QED) is 0.848. The maximum atomic E-state index is 11.1. The Labute approximate surface area is 95.0 Å². The summed E-state index contributed by atoms with van der Waals surface area (Å²) < 4.78 is 5.55. The van der Waals surface area contributed by atoms with E-state index in [1.54, 1.807) is 0 Å². The number of ether oxygens (including phenoxy) is 1. The third-order valence-corrected chi connectivity index (χ3v) is 3.30. The van der Waals surface area contributed by atoms with Crippen LogP contribution < -0.4 is 4.74 Å². The van der Waals surface area contributed by atoms with Gasteiger partial charge < -0.3 is 9.84 Å². The second kappa shape index (κ2) is 4.16. The molecule has 0 aliphatic heterocycles. The Morgan fingerprint density at radius 2 is 2.00 bits per heavy atom. The molecular formula is C13H16O3. The molecule has 0 amide bonds. The van der Waals surface area contributed by atoms with Gasteiger partial charge in [-0.15, -0.1) is 0 Å². The summed E-state index contributed by atoms with van der Waals surface area (Å²) in [6.07, 6.45) is 2.45. The maximum Gasteiger partial charge on any atom is 0.313 e. The molecule has 2 rings (SSSR count). The van der Waals surface area contributed by atoms with Gasteiger partial charge in [0.25, 0.3) is 0 Å². The monoisotopic (exact) mass is 220 g/mol. The first-order valence-corrected chi connectivity index (χ1v) is 5.55. The minimum Gasteiger partial charge on any atom is -0.492 e. The van der Waals surface area contributed by atoms with Crippen LogP contribution >= 0.6 is 0 Å². The molecule has 16 heavy (non-hydrogen) atoms. The smallest absolute Gasteiger partial charge is 0.313 e. The normalized spacial score (nSPS) is 17.6. The molecule has 0 saturated heterocycles. The number of benzene rings is 1. The van der Waals surface area contributed by atoms with Gasteiger partial charge in [0, 0.05) is 0 Å². The molecule has 0 atom stereocenters. The van der Waals surface area contributed by atoms with Gasteiger partial charge >= 0.3 is 5.97 Å². The highest BCUT2D eigenvalue weighted by atomic mass is 16.5. The molecule has 1 saturated carbocycles. The lowest BCUT2D eigenvalue weighted by molar-refractivity contribution is -0.157. The number of rotatable bonds is 4. The van der Waals surface area contributed by atoms with Crippen LogP contribution in [0.1, 0.15) is 24.8 Å². The van der Waals surface area contributed by atoms with Crippen LogP contribution in [0.5, 0.6) is 5.75 Å². The first kappa shape index (κ1) is 11.0. The average Bonchev–Trinajstić information content (AvgIpc) is 2.18. The molecule has 1 fully saturated rings. The van der Waals surface area contributed by atoms with Gasteiger partial charge in [0.15, 0.2) is 0 Å². The molecule has 1 aliphatic carbocycles. The highest BCUT2D eigenvalue weighted by molar-refractivity contribution is 5.75. The fraction of sp³-hybridized carbons (Fsp3) is 0.462. The molecule has 0 bridgehead atoms. The zero-order valence-electron chi connectivity index (χ0n) is 9.40. The minimum absolute atomic E-state index is 0.283. The first-order chi connectivity index (χ1) is 7.62. The molecule has 86 valence electrons. The number of carboxylic acid groups (broad SMARTS) is 1. The van der Waals surface area contributed by atoms with E-state index in [1.807, 2.05) is 31.2 Å². The first-order valence-electron chi connectivity index (χ1n) is 5.55. The summed E-state index contributed by atoms with van der Waals surface area (Å²) in [5.41, 5.74) is 0.536. The SMILES string of the molecule is Cc1ccc(OCC2(C(=O)O)CCC2)cc1. The van der Waals surface area contributed by atoms with E-state index in [4.69, 9.17) is 9.84 Å². The number of hydrogen-bond donors (Lipinski definition) is 1. The van der Waals surface area contributed by atoms with Crippen molar-refractivity contribution < 1.29 is 14.6 Å². The molecule has 3 nitrogen and oxygen atoms in total. The summed E-state index contributed by atoms with van der Waals surface area (Å²) in [5, 5.41) is 9.13. The van der Waals surface area contributed by atoms with Crippen LogP contribution in [0.3, 0.4) is 0 Å². The fourth-order valence-electron chi connectivity index (χ4n) is 1.88. The van der Waals surface area contributed by atoms with Crippen LogP contribution in [0, 0.1) is 12.3 Å². The lowest BCUT2D eigenvalue weighted by Gasteiger charge is -2.37. The summed E-state index contributed by atoms with van der Waals surface area (Å²) in [6, 6.07) is 7.68. The topological polar surface area (TPSA) is 46.5 Å². The summed E-state index contributed by atoms with van der Waals surface area (Å²) in [5.74, 6) is 0.0176. The van der Waals surface area contributed by atoms with E-state index in [0.29, 0.717) is 0 Å². The van der Waals surface area contributed by atoms with Gasteiger partial charge in [0.05, 0.1) is 0 Å². The largest absolute Gasteiger partial charge is 0.492 e. The van der Waals surface area contributed by atoms with E-state index >= 15 is 0 Å².